The Bertz CT molecular complexity index is 430. The van der Waals surface area contributed by atoms with E-state index in [4.69, 9.17) is 17.3 Å². The summed E-state index contributed by atoms with van der Waals surface area (Å²) in [5.41, 5.74) is 5.57. The van der Waals surface area contributed by atoms with E-state index in [9.17, 15) is 13.2 Å². The van der Waals surface area contributed by atoms with Crippen molar-refractivity contribution < 1.29 is 13.2 Å². The van der Waals surface area contributed by atoms with Crippen molar-refractivity contribution in [2.45, 2.75) is 18.6 Å². The number of nitrogens with two attached hydrogens (primary N) is 1. The van der Waals surface area contributed by atoms with E-state index < -0.39 is 17.8 Å². The van der Waals surface area contributed by atoms with E-state index in [2.05, 4.69) is 4.90 Å². The summed E-state index contributed by atoms with van der Waals surface area (Å²) in [5.74, 6) is 0. The van der Waals surface area contributed by atoms with Crippen molar-refractivity contribution in [3.63, 3.8) is 0 Å². The molecule has 0 saturated carbocycles. The third-order valence-electron chi connectivity index (χ3n) is 3.13. The number of alkyl halides is 3. The van der Waals surface area contributed by atoms with Crippen LogP contribution in [0.4, 0.5) is 13.2 Å². The average molecular weight is 279 g/mol. The van der Waals surface area contributed by atoms with Crippen LogP contribution in [0.2, 0.25) is 5.02 Å². The average Bonchev–Trinajstić information content (AvgIpc) is 2.22. The Morgan fingerprint density at radius 1 is 1.33 bits per heavy atom. The van der Waals surface area contributed by atoms with Crippen LogP contribution in [-0.4, -0.2) is 24.5 Å². The maximum absolute atomic E-state index is 12.7. The van der Waals surface area contributed by atoms with Gasteiger partial charge in [0.1, 0.15) is 0 Å². The molecule has 0 amide bonds. The van der Waals surface area contributed by atoms with Gasteiger partial charge < -0.3 is 10.6 Å². The number of likely N-dealkylation sites (tertiary alicyclic amines) is 1. The Morgan fingerprint density at radius 2 is 2.00 bits per heavy atom. The normalized spacial score (nSPS) is 18.5. The molecule has 1 aliphatic rings. The van der Waals surface area contributed by atoms with Crippen LogP contribution in [0.25, 0.3) is 0 Å². The highest BCUT2D eigenvalue weighted by Gasteiger charge is 2.33. The quantitative estimate of drug-likeness (QED) is 0.921. The van der Waals surface area contributed by atoms with Gasteiger partial charge in [-0.2, -0.15) is 13.2 Å². The van der Waals surface area contributed by atoms with Crippen LogP contribution in [0.15, 0.2) is 18.2 Å². The maximum Gasteiger partial charge on any atom is 0.417 e. The van der Waals surface area contributed by atoms with Crippen molar-refractivity contribution in [1.29, 1.82) is 0 Å². The Hall–Kier alpha value is -0.780. The van der Waals surface area contributed by atoms with Gasteiger partial charge in [-0.25, -0.2) is 0 Å². The van der Waals surface area contributed by atoms with E-state index in [1.807, 2.05) is 0 Å². The van der Waals surface area contributed by atoms with Gasteiger partial charge in [0.05, 0.1) is 10.6 Å². The molecule has 1 saturated heterocycles. The molecule has 1 heterocycles. The van der Waals surface area contributed by atoms with E-state index in [0.717, 1.165) is 25.6 Å². The zero-order valence-electron chi connectivity index (χ0n) is 9.67. The van der Waals surface area contributed by atoms with Gasteiger partial charge in [-0.15, -0.1) is 0 Å². The number of hydrogen-bond acceptors (Lipinski definition) is 2. The molecule has 2 nitrogen and oxygen atoms in total. The Labute approximate surface area is 109 Å². The molecule has 18 heavy (non-hydrogen) atoms. The second kappa shape index (κ2) is 5.07. The molecule has 0 radical (unpaired) electrons. The largest absolute Gasteiger partial charge is 0.417 e. The molecule has 2 N–H and O–H groups in total. The lowest BCUT2D eigenvalue weighted by Crippen LogP contribution is -2.41. The second-order valence-corrected chi connectivity index (χ2v) is 4.90. The molecule has 2 rings (SSSR count). The molecule has 0 spiro atoms. The lowest BCUT2D eigenvalue weighted by molar-refractivity contribution is -0.137. The molecule has 1 aromatic rings. The van der Waals surface area contributed by atoms with Crippen molar-refractivity contribution in [2.75, 3.05) is 19.6 Å². The first-order valence-corrected chi connectivity index (χ1v) is 6.10. The standard InChI is InChI=1S/C12H14ClF3N2/c13-10-3-2-8(6-9(10)12(14,15)16)11(17)7-18-4-1-5-18/h2-3,6,11H,1,4-5,7,17H2. The molecule has 1 aromatic carbocycles. The fourth-order valence-corrected chi connectivity index (χ4v) is 2.16. The molecule has 0 aromatic heterocycles. The lowest BCUT2D eigenvalue weighted by atomic mass is 10.0. The third kappa shape index (κ3) is 2.96. The monoisotopic (exact) mass is 278 g/mol. The Kier molecular flexibility index (Phi) is 3.84. The molecule has 1 unspecified atom stereocenters. The zero-order valence-corrected chi connectivity index (χ0v) is 10.4. The molecule has 0 bridgehead atoms. The minimum absolute atomic E-state index is 0.289. The van der Waals surface area contributed by atoms with Gasteiger partial charge in [-0.3, -0.25) is 0 Å². The first kappa shape index (κ1) is 13.6. The predicted octanol–water partition coefficient (Wildman–Crippen LogP) is 3.06. The van der Waals surface area contributed by atoms with Crippen molar-refractivity contribution >= 4 is 11.6 Å². The summed E-state index contributed by atoms with van der Waals surface area (Å²) in [5, 5.41) is -0.289. The van der Waals surface area contributed by atoms with Gasteiger partial charge in [-0.1, -0.05) is 17.7 Å². The van der Waals surface area contributed by atoms with Gasteiger partial charge in [-0.05, 0) is 37.2 Å². The van der Waals surface area contributed by atoms with Crippen molar-refractivity contribution in [2.24, 2.45) is 5.73 Å². The van der Waals surface area contributed by atoms with Crippen LogP contribution >= 0.6 is 11.6 Å². The summed E-state index contributed by atoms with van der Waals surface area (Å²) in [7, 11) is 0. The minimum atomic E-state index is -4.44. The lowest BCUT2D eigenvalue weighted by Gasteiger charge is -2.33. The van der Waals surface area contributed by atoms with Crippen LogP contribution in [-0.2, 0) is 6.18 Å². The summed E-state index contributed by atoms with van der Waals surface area (Å²) in [6.07, 6.45) is -3.31. The van der Waals surface area contributed by atoms with Crippen molar-refractivity contribution in [3.05, 3.63) is 34.3 Å². The van der Waals surface area contributed by atoms with Gasteiger partial charge in [0, 0.05) is 12.6 Å². The number of nitrogens with zero attached hydrogens (tertiary/aromatic N) is 1. The fourth-order valence-electron chi connectivity index (χ4n) is 1.94. The van der Waals surface area contributed by atoms with Crippen molar-refractivity contribution in [3.8, 4) is 0 Å². The zero-order chi connectivity index (χ0) is 13.3. The van der Waals surface area contributed by atoms with Crippen molar-refractivity contribution in [1.82, 2.24) is 4.90 Å². The van der Waals surface area contributed by atoms with Gasteiger partial charge in [0.25, 0.3) is 0 Å². The fraction of sp³-hybridized carbons (Fsp3) is 0.500. The highest BCUT2D eigenvalue weighted by atomic mass is 35.5. The summed E-state index contributed by atoms with van der Waals surface area (Å²) in [4.78, 5) is 2.12. The van der Waals surface area contributed by atoms with Crippen LogP contribution in [0.1, 0.15) is 23.6 Å². The van der Waals surface area contributed by atoms with E-state index >= 15 is 0 Å². The third-order valence-corrected chi connectivity index (χ3v) is 3.46. The first-order chi connectivity index (χ1) is 8.38. The topological polar surface area (TPSA) is 29.3 Å². The number of rotatable bonds is 3. The Balaban J connectivity index is 2.17. The van der Waals surface area contributed by atoms with Gasteiger partial charge in [0.15, 0.2) is 0 Å². The highest BCUT2D eigenvalue weighted by Crippen LogP contribution is 2.36. The molecular formula is C12H14ClF3N2. The molecule has 0 aliphatic carbocycles. The maximum atomic E-state index is 12.7. The van der Waals surface area contributed by atoms with E-state index in [-0.39, 0.29) is 5.02 Å². The number of hydrogen-bond donors (Lipinski definition) is 1. The molecule has 6 heteroatoms. The molecule has 100 valence electrons. The van der Waals surface area contributed by atoms with Gasteiger partial charge in [0.2, 0.25) is 0 Å². The summed E-state index contributed by atoms with van der Waals surface area (Å²) in [6.45, 7) is 2.51. The summed E-state index contributed by atoms with van der Waals surface area (Å²) >= 11 is 5.56. The number of halogens is 4. The molecule has 1 aliphatic heterocycles. The first-order valence-electron chi connectivity index (χ1n) is 5.72. The highest BCUT2D eigenvalue weighted by molar-refractivity contribution is 6.31. The Morgan fingerprint density at radius 3 is 2.50 bits per heavy atom. The van der Waals surface area contributed by atoms with Crippen LogP contribution in [0, 0.1) is 0 Å². The summed E-state index contributed by atoms with van der Waals surface area (Å²) in [6, 6.07) is 3.45. The molecule has 1 fully saturated rings. The van der Waals surface area contributed by atoms with Crippen LogP contribution in [0.3, 0.4) is 0 Å². The van der Waals surface area contributed by atoms with Crippen LogP contribution in [0.5, 0.6) is 0 Å². The second-order valence-electron chi connectivity index (χ2n) is 4.50. The number of benzene rings is 1. The predicted molar refractivity (Wildman–Crippen MR) is 64.4 cm³/mol. The molecule has 1 atom stereocenters. The van der Waals surface area contributed by atoms with E-state index in [1.165, 1.54) is 6.07 Å². The SMILES string of the molecule is NC(CN1CCC1)c1ccc(Cl)c(C(F)(F)F)c1. The summed E-state index contributed by atoms with van der Waals surface area (Å²) < 4.78 is 38.1. The van der Waals surface area contributed by atoms with Crippen LogP contribution < -0.4 is 5.73 Å². The van der Waals surface area contributed by atoms with E-state index in [0.29, 0.717) is 12.1 Å². The smallest absolute Gasteiger partial charge is 0.323 e. The van der Waals surface area contributed by atoms with Gasteiger partial charge >= 0.3 is 6.18 Å². The minimum Gasteiger partial charge on any atom is -0.323 e. The molecular weight excluding hydrogens is 265 g/mol. The van der Waals surface area contributed by atoms with E-state index in [1.54, 1.807) is 6.07 Å².